The van der Waals surface area contributed by atoms with E-state index in [9.17, 15) is 24.6 Å². The summed E-state index contributed by atoms with van der Waals surface area (Å²) < 4.78 is 7.17. The van der Waals surface area contributed by atoms with Gasteiger partial charge >= 0.3 is 0 Å². The van der Waals surface area contributed by atoms with Gasteiger partial charge in [-0.3, -0.25) is 14.4 Å². The van der Waals surface area contributed by atoms with E-state index in [0.29, 0.717) is 23.7 Å². The molecule has 0 spiro atoms. The van der Waals surface area contributed by atoms with Crippen molar-refractivity contribution in [2.75, 3.05) is 7.11 Å². The predicted octanol–water partition coefficient (Wildman–Crippen LogP) is 4.12. The summed E-state index contributed by atoms with van der Waals surface area (Å²) in [6.07, 6.45) is 3.13. The summed E-state index contributed by atoms with van der Waals surface area (Å²) in [5.74, 6) is -1.88. The summed E-state index contributed by atoms with van der Waals surface area (Å²) in [6, 6.07) is 13.6. The Bertz CT molecular complexity index is 1670. The van der Waals surface area contributed by atoms with Gasteiger partial charge in [-0.1, -0.05) is 30.3 Å². The van der Waals surface area contributed by atoms with E-state index >= 15 is 0 Å². The van der Waals surface area contributed by atoms with Gasteiger partial charge in [-0.05, 0) is 55.0 Å². The molecule has 0 atom stereocenters. The minimum Gasteiger partial charge on any atom is -0.507 e. The van der Waals surface area contributed by atoms with Crippen LogP contribution in [0.5, 0.6) is 17.2 Å². The SMILES string of the molecule is COc1cc2c3c(c(=O)n(Cc4ccccc4)c2c2c1C(=O)c1c(O)ccc(O)c1C2=O)CCCC3. The zero-order chi connectivity index (χ0) is 25.1. The number of aromatic hydroxyl groups is 2. The number of aromatic nitrogens is 1. The fraction of sp³-hybridized carbons (Fsp3) is 0.207. The van der Waals surface area contributed by atoms with E-state index in [1.165, 1.54) is 19.2 Å². The second-order valence-corrected chi connectivity index (χ2v) is 9.28. The number of phenols is 2. The predicted molar refractivity (Wildman–Crippen MR) is 134 cm³/mol. The molecule has 0 unspecified atom stereocenters. The molecule has 180 valence electrons. The highest BCUT2D eigenvalue weighted by atomic mass is 16.5. The van der Waals surface area contributed by atoms with Gasteiger partial charge in [0.25, 0.3) is 5.56 Å². The number of pyridine rings is 1. The minimum absolute atomic E-state index is 0.0135. The maximum atomic E-state index is 14.0. The number of methoxy groups -OCH3 is 1. The highest BCUT2D eigenvalue weighted by molar-refractivity contribution is 6.34. The Morgan fingerprint density at radius 2 is 1.42 bits per heavy atom. The van der Waals surface area contributed by atoms with Gasteiger partial charge in [0.2, 0.25) is 11.6 Å². The van der Waals surface area contributed by atoms with Gasteiger partial charge in [0.05, 0.1) is 41.4 Å². The smallest absolute Gasteiger partial charge is 0.254 e. The zero-order valence-electron chi connectivity index (χ0n) is 19.6. The number of carbonyl (C=O) groups is 2. The largest absolute Gasteiger partial charge is 0.507 e. The molecule has 2 N–H and O–H groups in total. The Balaban J connectivity index is 1.79. The minimum atomic E-state index is -0.636. The second kappa shape index (κ2) is 8.09. The van der Waals surface area contributed by atoms with E-state index in [1.54, 1.807) is 10.6 Å². The van der Waals surface area contributed by atoms with Crippen molar-refractivity contribution in [1.82, 2.24) is 4.57 Å². The number of aryl methyl sites for hydroxylation is 1. The molecule has 1 aromatic heterocycles. The van der Waals surface area contributed by atoms with Gasteiger partial charge in [0, 0.05) is 10.9 Å². The van der Waals surface area contributed by atoms with E-state index in [-0.39, 0.29) is 40.1 Å². The molecule has 0 fully saturated rings. The van der Waals surface area contributed by atoms with Gasteiger partial charge in [0.1, 0.15) is 17.2 Å². The number of hydrogen-bond acceptors (Lipinski definition) is 6. The molecule has 36 heavy (non-hydrogen) atoms. The molecule has 7 heteroatoms. The lowest BCUT2D eigenvalue weighted by molar-refractivity contribution is 0.0972. The molecule has 7 nitrogen and oxygen atoms in total. The van der Waals surface area contributed by atoms with E-state index in [4.69, 9.17) is 4.74 Å². The number of benzene rings is 3. The fourth-order valence-corrected chi connectivity index (χ4v) is 5.68. The Morgan fingerprint density at radius 1 is 0.806 bits per heavy atom. The molecular formula is C29H23NO6. The quantitative estimate of drug-likeness (QED) is 0.376. The average molecular weight is 482 g/mol. The first kappa shape index (κ1) is 22.1. The Morgan fingerprint density at radius 3 is 2.06 bits per heavy atom. The highest BCUT2D eigenvalue weighted by Gasteiger charge is 2.39. The first-order chi connectivity index (χ1) is 17.4. The van der Waals surface area contributed by atoms with Crippen LogP contribution in [0.2, 0.25) is 0 Å². The zero-order valence-corrected chi connectivity index (χ0v) is 19.6. The van der Waals surface area contributed by atoms with Crippen molar-refractivity contribution in [2.24, 2.45) is 0 Å². The summed E-state index contributed by atoms with van der Waals surface area (Å²) in [5, 5.41) is 21.7. The molecule has 0 saturated carbocycles. The van der Waals surface area contributed by atoms with E-state index in [2.05, 4.69) is 0 Å². The van der Waals surface area contributed by atoms with Crippen molar-refractivity contribution in [3.63, 3.8) is 0 Å². The number of nitrogens with zero attached hydrogens (tertiary/aromatic N) is 1. The summed E-state index contributed by atoms with van der Waals surface area (Å²) in [7, 11) is 1.42. The maximum Gasteiger partial charge on any atom is 0.254 e. The number of ketones is 2. The monoisotopic (exact) mass is 481 g/mol. The van der Waals surface area contributed by atoms with Crippen molar-refractivity contribution in [1.29, 1.82) is 0 Å². The van der Waals surface area contributed by atoms with Crippen LogP contribution in [0.25, 0.3) is 10.9 Å². The Hall–Kier alpha value is -4.39. The van der Waals surface area contributed by atoms with Crippen LogP contribution < -0.4 is 10.3 Å². The van der Waals surface area contributed by atoms with E-state index in [0.717, 1.165) is 29.5 Å². The summed E-state index contributed by atoms with van der Waals surface area (Å²) in [6.45, 7) is 0.211. The standard InChI is InChI=1S/C29H23NO6/c1-36-21-13-18-16-9-5-6-10-17(16)29(35)30(14-15-7-3-2-4-8-15)26(18)25-24(21)27(33)22-19(31)11-12-20(32)23(22)28(25)34/h2-4,7-8,11-13,31-32H,5-6,9-10,14H2,1H3. The van der Waals surface area contributed by atoms with Gasteiger partial charge in [0.15, 0.2) is 0 Å². The van der Waals surface area contributed by atoms with Crippen LogP contribution in [0.4, 0.5) is 0 Å². The van der Waals surface area contributed by atoms with Crippen LogP contribution in [0, 0.1) is 0 Å². The number of rotatable bonds is 3. The Labute approximate surface area is 206 Å². The van der Waals surface area contributed by atoms with E-state index in [1.807, 2.05) is 30.3 Å². The van der Waals surface area contributed by atoms with E-state index < -0.39 is 23.1 Å². The van der Waals surface area contributed by atoms with Crippen molar-refractivity contribution in [3.8, 4) is 17.2 Å². The molecule has 0 radical (unpaired) electrons. The lowest BCUT2D eigenvalue weighted by Crippen LogP contribution is -2.31. The molecule has 0 aliphatic heterocycles. The van der Waals surface area contributed by atoms with Gasteiger partial charge < -0.3 is 19.5 Å². The molecule has 0 saturated heterocycles. The van der Waals surface area contributed by atoms with Crippen LogP contribution >= 0.6 is 0 Å². The van der Waals surface area contributed by atoms with Crippen molar-refractivity contribution in [2.45, 2.75) is 32.2 Å². The number of hydrogen-bond donors (Lipinski definition) is 2. The number of carbonyl (C=O) groups excluding carboxylic acids is 2. The van der Waals surface area contributed by atoms with Gasteiger partial charge in [-0.25, -0.2) is 0 Å². The summed E-state index contributed by atoms with van der Waals surface area (Å²) >= 11 is 0. The lowest BCUT2D eigenvalue weighted by Gasteiger charge is -2.27. The normalized spacial score (nSPS) is 14.4. The fourth-order valence-electron chi connectivity index (χ4n) is 5.68. The number of phenolic OH excluding ortho intramolecular Hbond substituents is 2. The van der Waals surface area contributed by atoms with Crippen LogP contribution in [0.1, 0.15) is 61.4 Å². The molecule has 4 aromatic rings. The third-order valence-corrected chi connectivity index (χ3v) is 7.30. The van der Waals surface area contributed by atoms with Crippen molar-refractivity contribution >= 4 is 22.5 Å². The third-order valence-electron chi connectivity index (χ3n) is 7.30. The van der Waals surface area contributed by atoms with Gasteiger partial charge in [-0.2, -0.15) is 0 Å². The first-order valence-electron chi connectivity index (χ1n) is 11.9. The molecule has 2 aliphatic rings. The third kappa shape index (κ3) is 3.02. The molecule has 1 heterocycles. The van der Waals surface area contributed by atoms with Crippen molar-refractivity contribution < 1.29 is 24.5 Å². The maximum absolute atomic E-state index is 14.0. The van der Waals surface area contributed by atoms with Crippen LogP contribution in [0.3, 0.4) is 0 Å². The van der Waals surface area contributed by atoms with Crippen molar-refractivity contribution in [3.05, 3.63) is 97.8 Å². The molecule has 2 aliphatic carbocycles. The van der Waals surface area contributed by atoms with Gasteiger partial charge in [-0.15, -0.1) is 0 Å². The van der Waals surface area contributed by atoms with Crippen LogP contribution in [-0.2, 0) is 19.4 Å². The first-order valence-corrected chi connectivity index (χ1v) is 11.9. The average Bonchev–Trinajstić information content (AvgIpc) is 2.90. The topological polar surface area (TPSA) is 106 Å². The Kier molecular flexibility index (Phi) is 4.96. The second-order valence-electron chi connectivity index (χ2n) is 9.28. The van der Waals surface area contributed by atoms with Crippen LogP contribution in [-0.4, -0.2) is 33.5 Å². The molecule has 0 amide bonds. The lowest BCUT2D eigenvalue weighted by atomic mass is 9.79. The molecule has 0 bridgehead atoms. The number of fused-ring (bicyclic) bond motifs is 6. The summed E-state index contributed by atoms with van der Waals surface area (Å²) in [4.78, 5) is 41.6. The van der Waals surface area contributed by atoms with Crippen LogP contribution in [0.15, 0.2) is 53.3 Å². The molecular weight excluding hydrogens is 458 g/mol. The molecule has 6 rings (SSSR count). The number of ether oxygens (including phenoxy) is 1. The molecule has 3 aromatic carbocycles. The highest BCUT2D eigenvalue weighted by Crippen LogP contribution is 2.44. The summed E-state index contributed by atoms with van der Waals surface area (Å²) in [5.41, 5.74) is 2.12.